The lowest BCUT2D eigenvalue weighted by atomic mass is 10.00. The maximum absolute atomic E-state index is 3.64. The molecule has 1 aromatic rings. The molecule has 2 rings (SSSR count). The molecule has 16 heavy (non-hydrogen) atoms. The van der Waals surface area contributed by atoms with Gasteiger partial charge in [-0.05, 0) is 24.3 Å². The molecule has 2 atom stereocenters. The van der Waals surface area contributed by atoms with Crippen LogP contribution in [0.15, 0.2) is 17.5 Å². The minimum atomic E-state index is 0.649. The summed E-state index contributed by atoms with van der Waals surface area (Å²) < 4.78 is 0. The fourth-order valence-corrected chi connectivity index (χ4v) is 2.95. The van der Waals surface area contributed by atoms with Crippen molar-refractivity contribution in [2.24, 2.45) is 5.92 Å². The van der Waals surface area contributed by atoms with Crippen molar-refractivity contribution in [2.45, 2.75) is 39.4 Å². The third-order valence-electron chi connectivity index (χ3n) is 3.47. The van der Waals surface area contributed by atoms with Crippen molar-refractivity contribution in [1.82, 2.24) is 10.2 Å². The zero-order chi connectivity index (χ0) is 11.5. The molecule has 1 aliphatic rings. The van der Waals surface area contributed by atoms with Gasteiger partial charge in [0.05, 0.1) is 0 Å². The van der Waals surface area contributed by atoms with Crippen LogP contribution in [0.25, 0.3) is 0 Å². The molecule has 0 radical (unpaired) electrons. The van der Waals surface area contributed by atoms with E-state index in [1.54, 1.807) is 0 Å². The van der Waals surface area contributed by atoms with E-state index in [9.17, 15) is 0 Å². The van der Waals surface area contributed by atoms with Crippen LogP contribution in [0.3, 0.4) is 0 Å². The van der Waals surface area contributed by atoms with Crippen molar-refractivity contribution >= 4 is 11.3 Å². The lowest BCUT2D eigenvalue weighted by Gasteiger charge is -2.40. The Bertz CT molecular complexity index is 308. The Morgan fingerprint density at radius 2 is 2.38 bits per heavy atom. The van der Waals surface area contributed by atoms with E-state index in [0.29, 0.717) is 12.1 Å². The Hall–Kier alpha value is -0.380. The molecule has 0 amide bonds. The van der Waals surface area contributed by atoms with E-state index < -0.39 is 0 Å². The predicted octanol–water partition coefficient (Wildman–Crippen LogP) is 2.57. The summed E-state index contributed by atoms with van der Waals surface area (Å²) in [5, 5.41) is 5.81. The third-order valence-corrected chi connectivity index (χ3v) is 4.33. The van der Waals surface area contributed by atoms with Gasteiger partial charge in [0, 0.05) is 36.6 Å². The molecule has 1 fully saturated rings. The monoisotopic (exact) mass is 238 g/mol. The molecule has 0 aliphatic carbocycles. The first-order valence-electron chi connectivity index (χ1n) is 6.16. The summed E-state index contributed by atoms with van der Waals surface area (Å²) in [6.45, 7) is 10.3. The molecule has 3 heteroatoms. The standard InChI is InChI=1S/C13H22N2S/c1-10(2)13-9-15(11(3)7-14-13)8-12-5-4-6-16-12/h4-6,10-11,13-14H,7-9H2,1-3H3. The first kappa shape index (κ1) is 12.1. The van der Waals surface area contributed by atoms with Crippen LogP contribution < -0.4 is 5.32 Å². The SMILES string of the molecule is CC(C)C1CN(Cc2cccs2)C(C)CN1. The summed E-state index contributed by atoms with van der Waals surface area (Å²) in [6.07, 6.45) is 0. The maximum Gasteiger partial charge on any atom is 0.0331 e. The number of thiophene rings is 1. The van der Waals surface area contributed by atoms with E-state index in [1.807, 2.05) is 11.3 Å². The average molecular weight is 238 g/mol. The van der Waals surface area contributed by atoms with E-state index in [0.717, 1.165) is 19.0 Å². The van der Waals surface area contributed by atoms with Gasteiger partial charge in [0.1, 0.15) is 0 Å². The Morgan fingerprint density at radius 1 is 1.56 bits per heavy atom. The Labute approximate surface area is 103 Å². The van der Waals surface area contributed by atoms with Crippen LogP contribution in [0.4, 0.5) is 0 Å². The van der Waals surface area contributed by atoms with Crippen molar-refractivity contribution in [3.63, 3.8) is 0 Å². The van der Waals surface area contributed by atoms with Crippen LogP contribution in [0.1, 0.15) is 25.6 Å². The first-order chi connectivity index (χ1) is 7.66. The molecule has 0 aromatic carbocycles. The minimum Gasteiger partial charge on any atom is -0.311 e. The lowest BCUT2D eigenvalue weighted by molar-refractivity contribution is 0.117. The van der Waals surface area contributed by atoms with E-state index in [4.69, 9.17) is 0 Å². The van der Waals surface area contributed by atoms with Crippen molar-refractivity contribution in [3.8, 4) is 0 Å². The second-order valence-corrected chi connectivity index (χ2v) is 6.15. The van der Waals surface area contributed by atoms with Crippen LogP contribution in [-0.4, -0.2) is 30.1 Å². The van der Waals surface area contributed by atoms with Gasteiger partial charge in [0.2, 0.25) is 0 Å². The third kappa shape index (κ3) is 2.84. The Balaban J connectivity index is 1.96. The summed E-state index contributed by atoms with van der Waals surface area (Å²) in [4.78, 5) is 4.09. The molecule has 2 nitrogen and oxygen atoms in total. The minimum absolute atomic E-state index is 0.649. The summed E-state index contributed by atoms with van der Waals surface area (Å²) in [5.74, 6) is 0.721. The summed E-state index contributed by atoms with van der Waals surface area (Å²) in [7, 11) is 0. The van der Waals surface area contributed by atoms with Crippen LogP contribution in [0.5, 0.6) is 0 Å². The van der Waals surface area contributed by atoms with Gasteiger partial charge in [-0.15, -0.1) is 11.3 Å². The molecule has 0 saturated carbocycles. The van der Waals surface area contributed by atoms with Crippen LogP contribution in [0, 0.1) is 5.92 Å². The van der Waals surface area contributed by atoms with Crippen molar-refractivity contribution < 1.29 is 0 Å². The van der Waals surface area contributed by atoms with Gasteiger partial charge >= 0.3 is 0 Å². The topological polar surface area (TPSA) is 15.3 Å². The quantitative estimate of drug-likeness (QED) is 0.870. The van der Waals surface area contributed by atoms with Gasteiger partial charge in [0.15, 0.2) is 0 Å². The zero-order valence-electron chi connectivity index (χ0n) is 10.4. The molecule has 1 saturated heterocycles. The number of rotatable bonds is 3. The van der Waals surface area contributed by atoms with E-state index >= 15 is 0 Å². The van der Waals surface area contributed by atoms with Gasteiger partial charge in [-0.3, -0.25) is 4.90 Å². The zero-order valence-corrected chi connectivity index (χ0v) is 11.3. The molecule has 0 spiro atoms. The Morgan fingerprint density at radius 3 is 3.00 bits per heavy atom. The molecule has 2 unspecified atom stereocenters. The van der Waals surface area contributed by atoms with Crippen LogP contribution in [0.2, 0.25) is 0 Å². The first-order valence-corrected chi connectivity index (χ1v) is 7.04. The molecule has 0 bridgehead atoms. The maximum atomic E-state index is 3.64. The second kappa shape index (κ2) is 5.30. The van der Waals surface area contributed by atoms with Gasteiger partial charge in [-0.25, -0.2) is 0 Å². The second-order valence-electron chi connectivity index (χ2n) is 5.12. The van der Waals surface area contributed by atoms with Gasteiger partial charge in [0.25, 0.3) is 0 Å². The highest BCUT2D eigenvalue weighted by Gasteiger charge is 2.26. The molecule has 2 heterocycles. The highest BCUT2D eigenvalue weighted by atomic mass is 32.1. The Kier molecular flexibility index (Phi) is 4.00. The van der Waals surface area contributed by atoms with E-state index in [-0.39, 0.29) is 0 Å². The van der Waals surface area contributed by atoms with Gasteiger partial charge in [-0.1, -0.05) is 19.9 Å². The van der Waals surface area contributed by atoms with E-state index in [2.05, 4.69) is 48.5 Å². The summed E-state index contributed by atoms with van der Waals surface area (Å²) >= 11 is 1.87. The lowest BCUT2D eigenvalue weighted by Crippen LogP contribution is -2.56. The van der Waals surface area contributed by atoms with Crippen molar-refractivity contribution in [3.05, 3.63) is 22.4 Å². The summed E-state index contributed by atoms with van der Waals surface area (Å²) in [5.41, 5.74) is 0. The fourth-order valence-electron chi connectivity index (χ4n) is 2.22. The molecule has 1 aliphatic heterocycles. The number of hydrogen-bond acceptors (Lipinski definition) is 3. The number of nitrogens with zero attached hydrogens (tertiary/aromatic N) is 1. The van der Waals surface area contributed by atoms with Gasteiger partial charge in [-0.2, -0.15) is 0 Å². The highest BCUT2D eigenvalue weighted by molar-refractivity contribution is 7.09. The fraction of sp³-hybridized carbons (Fsp3) is 0.692. The molecule has 1 aromatic heterocycles. The largest absolute Gasteiger partial charge is 0.311 e. The highest BCUT2D eigenvalue weighted by Crippen LogP contribution is 2.18. The number of nitrogens with one attached hydrogen (secondary N) is 1. The van der Waals surface area contributed by atoms with Crippen molar-refractivity contribution in [2.75, 3.05) is 13.1 Å². The molecule has 90 valence electrons. The summed E-state index contributed by atoms with van der Waals surface area (Å²) in [6, 6.07) is 5.68. The number of hydrogen-bond donors (Lipinski definition) is 1. The smallest absolute Gasteiger partial charge is 0.0331 e. The predicted molar refractivity (Wildman–Crippen MR) is 70.8 cm³/mol. The molecule has 1 N–H and O–H groups in total. The van der Waals surface area contributed by atoms with Crippen molar-refractivity contribution in [1.29, 1.82) is 0 Å². The number of piperazine rings is 1. The molecular formula is C13H22N2S. The molecular weight excluding hydrogens is 216 g/mol. The average Bonchev–Trinajstić information content (AvgIpc) is 2.73. The van der Waals surface area contributed by atoms with Gasteiger partial charge < -0.3 is 5.32 Å². The van der Waals surface area contributed by atoms with Crippen LogP contribution in [-0.2, 0) is 6.54 Å². The van der Waals surface area contributed by atoms with Crippen LogP contribution >= 0.6 is 11.3 Å². The normalized spacial score (nSPS) is 27.5. The van der Waals surface area contributed by atoms with E-state index in [1.165, 1.54) is 11.4 Å².